The van der Waals surface area contributed by atoms with Crippen LogP contribution in [0.25, 0.3) is 6.08 Å². The second-order valence-corrected chi connectivity index (χ2v) is 9.09. The molecule has 1 spiro atoms. The van der Waals surface area contributed by atoms with Gasteiger partial charge in [-0.2, -0.15) is 0 Å². The largest absolute Gasteiger partial charge is 0.438 e. The average Bonchev–Trinajstić information content (AvgIpc) is 3.21. The van der Waals surface area contributed by atoms with Gasteiger partial charge in [0.2, 0.25) is 5.78 Å². The first-order valence-corrected chi connectivity index (χ1v) is 11.6. The van der Waals surface area contributed by atoms with Crippen LogP contribution < -0.4 is 10.2 Å². The van der Waals surface area contributed by atoms with Gasteiger partial charge in [0.25, 0.3) is 0 Å². The Balaban J connectivity index is 1.24. The Bertz CT molecular complexity index is 1330. The predicted molar refractivity (Wildman–Crippen MR) is 128 cm³/mol. The smallest absolute Gasteiger partial charge is 0.412 e. The number of aromatic nitrogens is 3. The van der Waals surface area contributed by atoms with Gasteiger partial charge in [0.15, 0.2) is 0 Å². The molecule has 1 amide bonds. The fourth-order valence-corrected chi connectivity index (χ4v) is 5.40. The lowest BCUT2D eigenvalue weighted by Crippen LogP contribution is -2.48. The first-order chi connectivity index (χ1) is 16.5. The van der Waals surface area contributed by atoms with E-state index in [4.69, 9.17) is 4.74 Å². The van der Waals surface area contributed by atoms with Crippen molar-refractivity contribution in [3.05, 3.63) is 77.0 Å². The number of rotatable bonds is 3. The molecule has 8 nitrogen and oxygen atoms in total. The summed E-state index contributed by atoms with van der Waals surface area (Å²) in [7, 11) is 1.96. The van der Waals surface area contributed by atoms with E-state index in [1.54, 1.807) is 6.07 Å². The van der Waals surface area contributed by atoms with E-state index < -0.39 is 11.7 Å². The van der Waals surface area contributed by atoms with E-state index >= 15 is 0 Å². The number of hydrogen-bond donors (Lipinski definition) is 1. The van der Waals surface area contributed by atoms with Crippen molar-refractivity contribution >= 4 is 29.5 Å². The molecule has 6 rings (SSSR count). The van der Waals surface area contributed by atoms with Crippen LogP contribution in [0.15, 0.2) is 48.9 Å². The van der Waals surface area contributed by atoms with Crippen molar-refractivity contribution in [2.75, 3.05) is 23.3 Å². The fourth-order valence-electron chi connectivity index (χ4n) is 5.40. The summed E-state index contributed by atoms with van der Waals surface area (Å²) in [6, 6.07) is 9.58. The third kappa shape index (κ3) is 3.29. The van der Waals surface area contributed by atoms with E-state index in [0.717, 1.165) is 35.3 Å². The summed E-state index contributed by atoms with van der Waals surface area (Å²) in [5.41, 5.74) is 4.45. The maximum atomic E-state index is 13.4. The van der Waals surface area contributed by atoms with Crippen LogP contribution in [0.2, 0.25) is 0 Å². The standard InChI is InChI=1S/C26H25N5O3/c1-30-15-18(17-6-2-5-9-22(17)30)24(32)21-14-23(28-16-27-21)31-12-10-26(11-13-31)19-7-3-4-8-20(19)29-25(33)34-26/h3-5,7-9,14-16H,2,6,10-13H2,1H3,(H,29,33). The number of anilines is 2. The highest BCUT2D eigenvalue weighted by molar-refractivity contribution is 6.09. The van der Waals surface area contributed by atoms with Crippen LogP contribution in [0.1, 0.15) is 52.1 Å². The summed E-state index contributed by atoms with van der Waals surface area (Å²) in [4.78, 5) is 36.5. The van der Waals surface area contributed by atoms with Gasteiger partial charge in [-0.25, -0.2) is 14.8 Å². The maximum Gasteiger partial charge on any atom is 0.412 e. The highest BCUT2D eigenvalue weighted by Gasteiger charge is 2.44. The number of aryl methyl sites for hydroxylation is 1. The van der Waals surface area contributed by atoms with Crippen molar-refractivity contribution in [2.45, 2.75) is 31.3 Å². The summed E-state index contributed by atoms with van der Waals surface area (Å²) in [6.07, 6.45) is 10.2. The molecule has 1 saturated heterocycles. The summed E-state index contributed by atoms with van der Waals surface area (Å²) in [5.74, 6) is 0.636. The number of piperidine rings is 1. The van der Waals surface area contributed by atoms with Crippen molar-refractivity contribution < 1.29 is 14.3 Å². The molecule has 1 aromatic carbocycles. The van der Waals surface area contributed by atoms with Crippen molar-refractivity contribution in [2.24, 2.45) is 7.05 Å². The van der Waals surface area contributed by atoms with Gasteiger partial charge in [-0.3, -0.25) is 10.1 Å². The molecule has 4 heterocycles. The number of para-hydroxylation sites is 1. The number of allylic oxidation sites excluding steroid dienone is 1. The molecule has 0 atom stereocenters. The number of fused-ring (bicyclic) bond motifs is 3. The van der Waals surface area contributed by atoms with Gasteiger partial charge in [0.1, 0.15) is 23.4 Å². The predicted octanol–water partition coefficient (Wildman–Crippen LogP) is 4.06. The van der Waals surface area contributed by atoms with Crippen LogP contribution >= 0.6 is 0 Å². The lowest BCUT2D eigenvalue weighted by molar-refractivity contribution is -0.00811. The molecular weight excluding hydrogens is 430 g/mol. The van der Waals surface area contributed by atoms with E-state index in [9.17, 15) is 9.59 Å². The second-order valence-electron chi connectivity index (χ2n) is 9.09. The number of nitrogens with zero attached hydrogens (tertiary/aromatic N) is 4. The minimum absolute atomic E-state index is 0.0782. The number of hydrogen-bond acceptors (Lipinski definition) is 6. The molecule has 1 fully saturated rings. The zero-order valence-corrected chi connectivity index (χ0v) is 19.0. The van der Waals surface area contributed by atoms with E-state index in [1.165, 1.54) is 6.33 Å². The van der Waals surface area contributed by atoms with Crippen LogP contribution in [-0.4, -0.2) is 39.5 Å². The summed E-state index contributed by atoms with van der Waals surface area (Å²) in [6.45, 7) is 1.30. The molecule has 1 N–H and O–H groups in total. The highest BCUT2D eigenvalue weighted by atomic mass is 16.6. The van der Waals surface area contributed by atoms with E-state index in [1.807, 2.05) is 42.1 Å². The minimum Gasteiger partial charge on any atom is -0.438 e. The van der Waals surface area contributed by atoms with E-state index in [2.05, 4.69) is 32.3 Å². The molecule has 8 heteroatoms. The Labute approximate surface area is 197 Å². The lowest BCUT2D eigenvalue weighted by Gasteiger charge is -2.44. The van der Waals surface area contributed by atoms with Crippen LogP contribution in [0.4, 0.5) is 16.3 Å². The summed E-state index contributed by atoms with van der Waals surface area (Å²) in [5, 5.41) is 2.79. The Morgan fingerprint density at radius 2 is 2.00 bits per heavy atom. The molecule has 34 heavy (non-hydrogen) atoms. The van der Waals surface area contributed by atoms with Gasteiger partial charge in [-0.15, -0.1) is 0 Å². The number of benzene rings is 1. The second kappa shape index (κ2) is 7.83. The molecule has 2 aromatic heterocycles. The molecule has 172 valence electrons. The van der Waals surface area contributed by atoms with Gasteiger partial charge in [0.05, 0.1) is 5.69 Å². The molecule has 0 radical (unpaired) electrons. The lowest BCUT2D eigenvalue weighted by atomic mass is 9.82. The van der Waals surface area contributed by atoms with Crippen molar-refractivity contribution in [1.29, 1.82) is 0 Å². The highest BCUT2D eigenvalue weighted by Crippen LogP contribution is 2.43. The van der Waals surface area contributed by atoms with Crippen LogP contribution in [0.5, 0.6) is 0 Å². The molecule has 0 unspecified atom stereocenters. The summed E-state index contributed by atoms with van der Waals surface area (Å²) < 4.78 is 7.83. The number of nitrogens with one attached hydrogen (secondary N) is 1. The van der Waals surface area contributed by atoms with Gasteiger partial charge in [-0.1, -0.05) is 24.3 Å². The fraction of sp³-hybridized carbons (Fsp3) is 0.308. The number of ether oxygens (including phenoxy) is 1. The van der Waals surface area contributed by atoms with Gasteiger partial charge < -0.3 is 14.2 Å². The van der Waals surface area contributed by atoms with Gasteiger partial charge in [0, 0.05) is 62.1 Å². The molecule has 1 aliphatic carbocycles. The molecular formula is C26H25N5O3. The normalized spacial score (nSPS) is 18.1. The van der Waals surface area contributed by atoms with Crippen molar-refractivity contribution in [3.63, 3.8) is 0 Å². The average molecular weight is 456 g/mol. The number of carbonyl (C=O) groups is 2. The first kappa shape index (κ1) is 20.7. The number of amides is 1. The quantitative estimate of drug-likeness (QED) is 0.599. The van der Waals surface area contributed by atoms with Crippen LogP contribution in [-0.2, 0) is 23.8 Å². The van der Waals surface area contributed by atoms with Crippen LogP contribution in [0, 0.1) is 0 Å². The molecule has 3 aromatic rings. The Hall–Kier alpha value is -3.94. The topological polar surface area (TPSA) is 89.4 Å². The maximum absolute atomic E-state index is 13.4. The van der Waals surface area contributed by atoms with Crippen molar-refractivity contribution in [3.8, 4) is 0 Å². The monoisotopic (exact) mass is 455 g/mol. The Kier molecular flexibility index (Phi) is 4.76. The van der Waals surface area contributed by atoms with Gasteiger partial charge >= 0.3 is 6.09 Å². The Morgan fingerprint density at radius 3 is 2.85 bits per heavy atom. The minimum atomic E-state index is -0.641. The molecule has 2 aliphatic heterocycles. The molecule has 3 aliphatic rings. The molecule has 0 bridgehead atoms. The number of carbonyl (C=O) groups excluding carboxylic acids is 2. The summed E-state index contributed by atoms with van der Waals surface area (Å²) >= 11 is 0. The van der Waals surface area contributed by atoms with Gasteiger partial charge in [-0.05, 0) is 30.5 Å². The third-order valence-electron chi connectivity index (χ3n) is 7.14. The van der Waals surface area contributed by atoms with Crippen LogP contribution in [0.3, 0.4) is 0 Å². The SMILES string of the molecule is Cn1cc(C(=O)c2cc(N3CCC4(CC3)OC(=O)Nc3ccccc34)ncn2)c2c1C=CCC2. The molecule has 0 saturated carbocycles. The zero-order chi connectivity index (χ0) is 23.3. The Morgan fingerprint density at radius 1 is 1.18 bits per heavy atom. The van der Waals surface area contributed by atoms with E-state index in [0.29, 0.717) is 43.0 Å². The van der Waals surface area contributed by atoms with Crippen molar-refractivity contribution in [1.82, 2.24) is 14.5 Å². The first-order valence-electron chi connectivity index (χ1n) is 11.6. The van der Waals surface area contributed by atoms with E-state index in [-0.39, 0.29) is 5.78 Å². The third-order valence-corrected chi connectivity index (χ3v) is 7.14. The number of ketones is 1. The zero-order valence-electron chi connectivity index (χ0n) is 19.0.